The Morgan fingerprint density at radius 3 is 2.81 bits per heavy atom. The molecular weight excluding hydrogens is 398 g/mol. The molecule has 2 aromatic carbocycles. The lowest BCUT2D eigenvalue weighted by atomic mass is 9.96. The van der Waals surface area contributed by atoms with Crippen molar-refractivity contribution in [2.24, 2.45) is 5.92 Å². The van der Waals surface area contributed by atoms with Crippen LogP contribution in [0.2, 0.25) is 0 Å². The minimum atomic E-state index is -0.520. The SMILES string of the molecule is Cc1[nH]c2ccccc2c1CC1CC2CCCC2N1Cc1ccc(C=CC(=O)NO)cc1. The molecule has 1 saturated carbocycles. The number of H-pyrrole nitrogens is 1. The summed E-state index contributed by atoms with van der Waals surface area (Å²) >= 11 is 0. The molecule has 0 radical (unpaired) electrons. The summed E-state index contributed by atoms with van der Waals surface area (Å²) in [6.07, 6.45) is 9.45. The van der Waals surface area contributed by atoms with Crippen LogP contribution in [0.4, 0.5) is 0 Å². The van der Waals surface area contributed by atoms with Crippen LogP contribution in [-0.4, -0.2) is 33.1 Å². The van der Waals surface area contributed by atoms with Crippen molar-refractivity contribution in [2.45, 2.75) is 57.7 Å². The lowest BCUT2D eigenvalue weighted by Gasteiger charge is -2.30. The molecule has 0 bridgehead atoms. The smallest absolute Gasteiger partial charge is 0.267 e. The molecule has 32 heavy (non-hydrogen) atoms. The number of carbonyl (C=O) groups is 1. The molecule has 2 heterocycles. The van der Waals surface area contributed by atoms with Crippen LogP contribution in [0.1, 0.15) is 48.1 Å². The minimum Gasteiger partial charge on any atom is -0.358 e. The summed E-state index contributed by atoms with van der Waals surface area (Å²) in [6.45, 7) is 3.17. The maximum atomic E-state index is 11.2. The van der Waals surface area contributed by atoms with Crippen molar-refractivity contribution in [3.05, 3.63) is 77.0 Å². The molecule has 3 N–H and O–H groups in total. The number of aromatic nitrogens is 1. The lowest BCUT2D eigenvalue weighted by molar-refractivity contribution is -0.124. The van der Waals surface area contributed by atoms with Crippen LogP contribution < -0.4 is 5.48 Å². The summed E-state index contributed by atoms with van der Waals surface area (Å²) in [6, 6.07) is 18.3. The molecule has 5 nitrogen and oxygen atoms in total. The van der Waals surface area contributed by atoms with Crippen LogP contribution in [0.5, 0.6) is 0 Å². The van der Waals surface area contributed by atoms with Crippen LogP contribution in [0, 0.1) is 12.8 Å². The predicted octanol–water partition coefficient (Wildman–Crippen LogP) is 4.98. The van der Waals surface area contributed by atoms with Gasteiger partial charge in [0.15, 0.2) is 0 Å². The molecule has 3 aromatic rings. The predicted molar refractivity (Wildman–Crippen MR) is 127 cm³/mol. The van der Waals surface area contributed by atoms with Crippen molar-refractivity contribution in [3.8, 4) is 0 Å². The van der Waals surface area contributed by atoms with Gasteiger partial charge in [-0.15, -0.1) is 0 Å². The van der Waals surface area contributed by atoms with E-state index >= 15 is 0 Å². The van der Waals surface area contributed by atoms with Gasteiger partial charge in [-0.2, -0.15) is 0 Å². The molecule has 2 fully saturated rings. The third-order valence-electron chi connectivity index (χ3n) is 7.44. The van der Waals surface area contributed by atoms with E-state index in [1.54, 1.807) is 11.6 Å². The Labute approximate surface area is 189 Å². The van der Waals surface area contributed by atoms with Gasteiger partial charge in [-0.05, 0) is 67.4 Å². The van der Waals surface area contributed by atoms with Gasteiger partial charge in [0.2, 0.25) is 0 Å². The number of para-hydroxylation sites is 1. The largest absolute Gasteiger partial charge is 0.358 e. The Bertz CT molecular complexity index is 1130. The van der Waals surface area contributed by atoms with E-state index in [-0.39, 0.29) is 0 Å². The Kier molecular flexibility index (Phi) is 5.85. The van der Waals surface area contributed by atoms with E-state index in [9.17, 15) is 4.79 Å². The number of nitrogens with zero attached hydrogens (tertiary/aromatic N) is 1. The second-order valence-electron chi connectivity index (χ2n) is 9.35. The number of likely N-dealkylation sites (tertiary alicyclic amines) is 1. The van der Waals surface area contributed by atoms with Crippen LogP contribution in [0.15, 0.2) is 54.6 Å². The number of amides is 1. The Balaban J connectivity index is 1.35. The van der Waals surface area contributed by atoms with Gasteiger partial charge in [-0.1, -0.05) is 48.9 Å². The molecule has 5 rings (SSSR count). The van der Waals surface area contributed by atoms with E-state index in [1.807, 2.05) is 12.1 Å². The van der Waals surface area contributed by atoms with Gasteiger partial charge >= 0.3 is 0 Å². The highest BCUT2D eigenvalue weighted by Crippen LogP contribution is 2.43. The quantitative estimate of drug-likeness (QED) is 0.294. The maximum absolute atomic E-state index is 11.2. The van der Waals surface area contributed by atoms with Gasteiger partial charge in [-0.25, -0.2) is 5.48 Å². The van der Waals surface area contributed by atoms with Crippen molar-refractivity contribution in [1.29, 1.82) is 0 Å². The van der Waals surface area contributed by atoms with E-state index in [2.05, 4.69) is 53.2 Å². The van der Waals surface area contributed by atoms with Crippen molar-refractivity contribution >= 4 is 22.9 Å². The zero-order valence-corrected chi connectivity index (χ0v) is 18.6. The highest BCUT2D eigenvalue weighted by atomic mass is 16.5. The van der Waals surface area contributed by atoms with Crippen LogP contribution in [0.25, 0.3) is 17.0 Å². The number of hydrogen-bond acceptors (Lipinski definition) is 3. The highest BCUT2D eigenvalue weighted by Gasteiger charge is 2.43. The van der Waals surface area contributed by atoms with Crippen LogP contribution in [-0.2, 0) is 17.8 Å². The summed E-state index contributed by atoms with van der Waals surface area (Å²) in [4.78, 5) is 17.5. The van der Waals surface area contributed by atoms with E-state index in [1.165, 1.54) is 59.5 Å². The first-order valence-corrected chi connectivity index (χ1v) is 11.7. The van der Waals surface area contributed by atoms with E-state index in [0.717, 1.165) is 24.4 Å². The summed E-state index contributed by atoms with van der Waals surface area (Å²) in [5.74, 6) is 0.304. The number of hydroxylamine groups is 1. The molecule has 1 aromatic heterocycles. The minimum absolute atomic E-state index is 0.520. The van der Waals surface area contributed by atoms with Gasteiger partial charge in [0, 0.05) is 41.3 Å². The molecule has 2 aliphatic rings. The second-order valence-corrected chi connectivity index (χ2v) is 9.35. The average Bonchev–Trinajstić information content (AvgIpc) is 3.48. The molecular formula is C27H31N3O2. The number of aryl methyl sites for hydroxylation is 1. The molecule has 3 unspecified atom stereocenters. The Hall–Kier alpha value is -2.89. The third-order valence-corrected chi connectivity index (χ3v) is 7.44. The average molecular weight is 430 g/mol. The fourth-order valence-corrected chi connectivity index (χ4v) is 5.92. The fraction of sp³-hybridized carbons (Fsp3) is 0.370. The topological polar surface area (TPSA) is 68.4 Å². The normalized spacial score (nSPS) is 23.2. The van der Waals surface area contributed by atoms with Gasteiger partial charge in [0.1, 0.15) is 0 Å². The van der Waals surface area contributed by atoms with Crippen LogP contribution in [0.3, 0.4) is 0 Å². The number of nitrogens with one attached hydrogen (secondary N) is 2. The Morgan fingerprint density at radius 2 is 2.00 bits per heavy atom. The van der Waals surface area contributed by atoms with Gasteiger partial charge in [0.05, 0.1) is 0 Å². The van der Waals surface area contributed by atoms with E-state index in [4.69, 9.17) is 5.21 Å². The zero-order valence-electron chi connectivity index (χ0n) is 18.6. The fourth-order valence-electron chi connectivity index (χ4n) is 5.92. The monoisotopic (exact) mass is 429 g/mol. The maximum Gasteiger partial charge on any atom is 0.267 e. The summed E-state index contributed by atoms with van der Waals surface area (Å²) in [7, 11) is 0. The van der Waals surface area contributed by atoms with Gasteiger partial charge in [-0.3, -0.25) is 14.9 Å². The summed E-state index contributed by atoms with van der Waals surface area (Å²) in [5.41, 5.74) is 7.88. The molecule has 1 aliphatic heterocycles. The summed E-state index contributed by atoms with van der Waals surface area (Å²) in [5, 5.41) is 9.99. The van der Waals surface area contributed by atoms with Crippen LogP contribution >= 0.6 is 0 Å². The second kappa shape index (κ2) is 8.93. The van der Waals surface area contributed by atoms with E-state index < -0.39 is 5.91 Å². The highest BCUT2D eigenvalue weighted by molar-refractivity contribution is 5.90. The van der Waals surface area contributed by atoms with E-state index in [0.29, 0.717) is 12.1 Å². The van der Waals surface area contributed by atoms with Gasteiger partial charge in [0.25, 0.3) is 5.91 Å². The number of carbonyl (C=O) groups excluding carboxylic acids is 1. The first-order chi connectivity index (χ1) is 15.6. The Morgan fingerprint density at radius 1 is 1.19 bits per heavy atom. The van der Waals surface area contributed by atoms with Crippen molar-refractivity contribution < 1.29 is 10.0 Å². The van der Waals surface area contributed by atoms with Crippen molar-refractivity contribution in [3.63, 3.8) is 0 Å². The molecule has 0 spiro atoms. The number of hydrogen-bond donors (Lipinski definition) is 3. The summed E-state index contributed by atoms with van der Waals surface area (Å²) < 4.78 is 0. The number of fused-ring (bicyclic) bond motifs is 2. The molecule has 166 valence electrons. The van der Waals surface area contributed by atoms with Crippen molar-refractivity contribution in [2.75, 3.05) is 0 Å². The van der Waals surface area contributed by atoms with Crippen molar-refractivity contribution in [1.82, 2.24) is 15.4 Å². The first-order valence-electron chi connectivity index (χ1n) is 11.7. The first kappa shape index (κ1) is 21.0. The number of rotatable bonds is 6. The van der Waals surface area contributed by atoms with Gasteiger partial charge < -0.3 is 4.98 Å². The number of benzene rings is 2. The zero-order chi connectivity index (χ0) is 22.1. The third kappa shape index (κ3) is 4.10. The molecule has 1 saturated heterocycles. The molecule has 5 heteroatoms. The molecule has 3 atom stereocenters. The lowest BCUT2D eigenvalue weighted by Crippen LogP contribution is -2.36. The molecule has 1 amide bonds. The number of aromatic amines is 1. The molecule has 1 aliphatic carbocycles. The standard InChI is InChI=1S/C27H31N3O2/c1-18-24(23-6-2-3-7-25(23)28-18)16-22-15-21-5-4-8-26(21)30(22)17-20-11-9-19(10-12-20)13-14-27(31)29-32/h2-3,6-7,9-14,21-22,26,28,32H,4-5,8,15-17H2,1H3,(H,29,31).